The van der Waals surface area contributed by atoms with Gasteiger partial charge in [-0.05, 0) is 42.3 Å². The molecule has 11 heteroatoms. The molecule has 0 fully saturated rings. The maximum Gasteiger partial charge on any atom is 0.337 e. The number of rotatable bonds is 8. The van der Waals surface area contributed by atoms with Crippen LogP contribution in [0.1, 0.15) is 36.7 Å². The summed E-state index contributed by atoms with van der Waals surface area (Å²) in [5.41, 5.74) is 0.544. The lowest BCUT2D eigenvalue weighted by atomic mass is 9.92. The van der Waals surface area contributed by atoms with E-state index in [-0.39, 0.29) is 34.1 Å². The molecule has 0 aliphatic carbocycles. The average molecular weight is 518 g/mol. The predicted molar refractivity (Wildman–Crippen MR) is 134 cm³/mol. The summed E-state index contributed by atoms with van der Waals surface area (Å²) in [6, 6.07) is 10.6. The molecule has 0 amide bonds. The molecule has 2 aromatic carbocycles. The first-order valence-electron chi connectivity index (χ1n) is 10.7. The molecule has 0 unspecified atom stereocenters. The zero-order valence-corrected chi connectivity index (χ0v) is 21.5. The first kappa shape index (κ1) is 26.6. The van der Waals surface area contributed by atoms with Gasteiger partial charge in [-0.25, -0.2) is 23.3 Å². The van der Waals surface area contributed by atoms with Crippen molar-refractivity contribution in [1.29, 1.82) is 0 Å². The summed E-state index contributed by atoms with van der Waals surface area (Å²) in [5, 5.41) is 5.83. The number of carbonyl (C=O) groups is 2. The fourth-order valence-electron chi connectivity index (χ4n) is 3.19. The highest BCUT2D eigenvalue weighted by Crippen LogP contribution is 2.24. The maximum atomic E-state index is 13.4. The van der Waals surface area contributed by atoms with Crippen LogP contribution in [0.3, 0.4) is 0 Å². The van der Waals surface area contributed by atoms with Crippen LogP contribution in [0, 0.1) is 5.41 Å². The topological polar surface area (TPSA) is 138 Å². The van der Waals surface area contributed by atoms with Crippen LogP contribution in [-0.4, -0.2) is 42.6 Å². The van der Waals surface area contributed by atoms with E-state index in [0.29, 0.717) is 22.5 Å². The van der Waals surface area contributed by atoms with Crippen LogP contribution in [0.2, 0.25) is 0 Å². The van der Waals surface area contributed by atoms with Gasteiger partial charge in [0.1, 0.15) is 5.78 Å². The zero-order chi connectivity index (χ0) is 26.0. The van der Waals surface area contributed by atoms with Crippen LogP contribution >= 0.6 is 11.8 Å². The predicted octanol–water partition coefficient (Wildman–Crippen LogP) is 2.78. The van der Waals surface area contributed by atoms with Gasteiger partial charge in [-0.1, -0.05) is 44.7 Å². The Bertz CT molecular complexity index is 1440. The van der Waals surface area contributed by atoms with E-state index >= 15 is 0 Å². The van der Waals surface area contributed by atoms with Crippen LogP contribution < -0.4 is 10.7 Å². The number of hydrogen-bond acceptors (Lipinski definition) is 8. The van der Waals surface area contributed by atoms with Crippen molar-refractivity contribution < 1.29 is 22.7 Å². The lowest BCUT2D eigenvalue weighted by Crippen LogP contribution is -2.26. The maximum absolute atomic E-state index is 13.4. The van der Waals surface area contributed by atoms with Crippen molar-refractivity contribution >= 4 is 44.4 Å². The van der Waals surface area contributed by atoms with E-state index in [1.807, 2.05) is 20.8 Å². The molecule has 35 heavy (non-hydrogen) atoms. The van der Waals surface area contributed by atoms with Gasteiger partial charge in [0.15, 0.2) is 5.16 Å². The van der Waals surface area contributed by atoms with E-state index < -0.39 is 21.4 Å². The Labute approximate surface area is 207 Å². The van der Waals surface area contributed by atoms with Crippen LogP contribution in [0.4, 0.5) is 0 Å². The Morgan fingerprint density at radius 2 is 1.77 bits per heavy atom. The quantitative estimate of drug-likeness (QED) is 0.273. The number of sulfonamides is 1. The molecule has 0 atom stereocenters. The van der Waals surface area contributed by atoms with Crippen LogP contribution in [0.15, 0.2) is 57.3 Å². The number of carbonyl (C=O) groups excluding carboxylic acids is 2. The van der Waals surface area contributed by atoms with Gasteiger partial charge in [0.2, 0.25) is 10.0 Å². The number of thioether (sulfide) groups is 1. The largest absolute Gasteiger partial charge is 0.465 e. The summed E-state index contributed by atoms with van der Waals surface area (Å²) in [5.74, 6) is -0.412. The van der Waals surface area contributed by atoms with Gasteiger partial charge in [-0.3, -0.25) is 14.2 Å². The highest BCUT2D eigenvalue weighted by molar-refractivity contribution is 7.99. The molecular formula is C24H27N3O6S2. The van der Waals surface area contributed by atoms with E-state index in [0.717, 1.165) is 17.3 Å². The van der Waals surface area contributed by atoms with Gasteiger partial charge in [-0.15, -0.1) is 0 Å². The SMILES string of the molecule is COC(=O)c1ccc2c(=O)n(CCc3ccc(S(N)(=O)=O)cc3)c(SCC(=O)C(C)(C)C)nc2c1. The van der Waals surface area contributed by atoms with Gasteiger partial charge in [-0.2, -0.15) is 0 Å². The number of aryl methyl sites for hydroxylation is 1. The number of nitrogens with two attached hydrogens (primary N) is 1. The minimum atomic E-state index is -3.80. The van der Waals surface area contributed by atoms with Crippen molar-refractivity contribution in [1.82, 2.24) is 9.55 Å². The molecule has 0 spiro atoms. The van der Waals surface area contributed by atoms with Crippen molar-refractivity contribution in [3.63, 3.8) is 0 Å². The number of nitrogens with zero attached hydrogens (tertiary/aromatic N) is 2. The van der Waals surface area contributed by atoms with Crippen molar-refractivity contribution in [3.05, 3.63) is 63.9 Å². The molecule has 0 bridgehead atoms. The second-order valence-corrected chi connectivity index (χ2v) is 11.5. The normalized spacial score (nSPS) is 12.0. The molecule has 1 aromatic heterocycles. The van der Waals surface area contributed by atoms with E-state index in [2.05, 4.69) is 4.98 Å². The molecule has 0 saturated carbocycles. The minimum absolute atomic E-state index is 0.00383. The van der Waals surface area contributed by atoms with E-state index in [9.17, 15) is 22.8 Å². The van der Waals surface area contributed by atoms with Crippen molar-refractivity contribution in [2.24, 2.45) is 10.6 Å². The lowest BCUT2D eigenvalue weighted by molar-refractivity contribution is -0.123. The van der Waals surface area contributed by atoms with Crippen molar-refractivity contribution in [2.75, 3.05) is 12.9 Å². The molecule has 1 heterocycles. The molecule has 0 aliphatic rings. The third-order valence-corrected chi connectivity index (χ3v) is 7.29. The summed E-state index contributed by atoms with van der Waals surface area (Å²) >= 11 is 1.16. The van der Waals surface area contributed by atoms with E-state index in [4.69, 9.17) is 9.88 Å². The Morgan fingerprint density at radius 1 is 1.11 bits per heavy atom. The first-order valence-corrected chi connectivity index (χ1v) is 13.2. The number of ether oxygens (including phenoxy) is 1. The molecule has 3 rings (SSSR count). The Kier molecular flexibility index (Phi) is 7.83. The summed E-state index contributed by atoms with van der Waals surface area (Å²) in [4.78, 5) is 42.4. The average Bonchev–Trinajstić information content (AvgIpc) is 2.80. The second-order valence-electron chi connectivity index (χ2n) is 8.98. The van der Waals surface area contributed by atoms with Gasteiger partial charge >= 0.3 is 5.97 Å². The highest BCUT2D eigenvalue weighted by Gasteiger charge is 2.22. The number of hydrogen-bond donors (Lipinski definition) is 1. The standard InChI is InChI=1S/C24H27N3O6S2/c1-24(2,3)20(28)14-34-23-26-19-13-16(22(30)33-4)7-10-18(19)21(29)27(23)12-11-15-5-8-17(9-6-15)35(25,31)32/h5-10,13H,11-12,14H2,1-4H3,(H2,25,31,32). The number of esters is 1. The Morgan fingerprint density at radius 3 is 2.34 bits per heavy atom. The molecule has 0 saturated heterocycles. The van der Waals surface area contributed by atoms with Gasteiger partial charge < -0.3 is 4.74 Å². The Balaban J connectivity index is 1.99. The summed E-state index contributed by atoms with van der Waals surface area (Å²) in [7, 11) is -2.53. The number of methoxy groups -OCH3 is 1. The van der Waals surface area contributed by atoms with Crippen LogP contribution in [-0.2, 0) is 32.5 Å². The minimum Gasteiger partial charge on any atom is -0.465 e. The van der Waals surface area contributed by atoms with Gasteiger partial charge in [0, 0.05) is 12.0 Å². The number of primary sulfonamides is 1. The third-order valence-electron chi connectivity index (χ3n) is 5.39. The van der Waals surface area contributed by atoms with Crippen molar-refractivity contribution in [3.8, 4) is 0 Å². The number of Topliss-reactive ketones (excluding diaryl/α,β-unsaturated/α-hetero) is 1. The van der Waals surface area contributed by atoms with Crippen LogP contribution in [0.5, 0.6) is 0 Å². The number of ketones is 1. The van der Waals surface area contributed by atoms with Crippen LogP contribution in [0.25, 0.3) is 10.9 Å². The summed E-state index contributed by atoms with van der Waals surface area (Å²) < 4.78 is 29.2. The zero-order valence-electron chi connectivity index (χ0n) is 19.9. The molecule has 2 N–H and O–H groups in total. The first-order chi connectivity index (χ1) is 16.3. The molecule has 9 nitrogen and oxygen atoms in total. The molecular weight excluding hydrogens is 490 g/mol. The number of fused-ring (bicyclic) bond motifs is 1. The van der Waals surface area contributed by atoms with E-state index in [1.165, 1.54) is 42.0 Å². The smallest absolute Gasteiger partial charge is 0.337 e. The fourth-order valence-corrected chi connectivity index (χ4v) is 4.89. The molecule has 186 valence electrons. The van der Waals surface area contributed by atoms with Gasteiger partial charge in [0.25, 0.3) is 5.56 Å². The number of aromatic nitrogens is 2. The van der Waals surface area contributed by atoms with E-state index in [1.54, 1.807) is 12.1 Å². The number of benzene rings is 2. The third kappa shape index (κ3) is 6.36. The van der Waals surface area contributed by atoms with Crippen molar-refractivity contribution in [2.45, 2.75) is 43.8 Å². The monoisotopic (exact) mass is 517 g/mol. The highest BCUT2D eigenvalue weighted by atomic mass is 32.2. The molecule has 3 aromatic rings. The van der Waals surface area contributed by atoms with Gasteiger partial charge in [0.05, 0.1) is 34.2 Å². The lowest BCUT2D eigenvalue weighted by Gasteiger charge is -2.17. The molecule has 0 aliphatic heterocycles. The summed E-state index contributed by atoms with van der Waals surface area (Å²) in [6.45, 7) is 5.72. The fraction of sp³-hybridized carbons (Fsp3) is 0.333. The Hall–Kier alpha value is -3.02. The summed E-state index contributed by atoms with van der Waals surface area (Å²) in [6.07, 6.45) is 0.416. The molecule has 0 radical (unpaired) electrons. The second kappa shape index (κ2) is 10.3.